The second-order valence-corrected chi connectivity index (χ2v) is 9.02. The number of fused-ring (bicyclic) bond motifs is 2. The Hall–Kier alpha value is -2.72. The zero-order chi connectivity index (χ0) is 19.8. The van der Waals surface area contributed by atoms with Crippen molar-refractivity contribution in [2.24, 2.45) is 0 Å². The summed E-state index contributed by atoms with van der Waals surface area (Å²) in [5, 5.41) is 7.03. The van der Waals surface area contributed by atoms with Crippen molar-refractivity contribution in [2.45, 2.75) is 45.6 Å². The summed E-state index contributed by atoms with van der Waals surface area (Å²) in [5.41, 5.74) is 8.37. The largest absolute Gasteiger partial charge is 0.366 e. The van der Waals surface area contributed by atoms with Gasteiger partial charge in [0.2, 0.25) is 0 Å². The van der Waals surface area contributed by atoms with E-state index in [0.29, 0.717) is 6.04 Å². The van der Waals surface area contributed by atoms with Crippen LogP contribution in [0.5, 0.6) is 0 Å². The van der Waals surface area contributed by atoms with Crippen LogP contribution in [0.25, 0.3) is 10.2 Å². The van der Waals surface area contributed by atoms with Gasteiger partial charge in [0, 0.05) is 6.04 Å². The van der Waals surface area contributed by atoms with Gasteiger partial charge < -0.3 is 5.32 Å². The minimum absolute atomic E-state index is 0.398. The van der Waals surface area contributed by atoms with Gasteiger partial charge in [-0.3, -0.25) is 0 Å². The van der Waals surface area contributed by atoms with Crippen molar-refractivity contribution < 1.29 is 0 Å². The number of nitrogens with zero attached hydrogens (tertiary/aromatic N) is 2. The maximum atomic E-state index is 4.54. The number of nitrogens with one attached hydrogen (secondary N) is 1. The summed E-state index contributed by atoms with van der Waals surface area (Å²) in [4.78, 5) is 10.0. The predicted molar refractivity (Wildman–Crippen MR) is 122 cm³/mol. The van der Waals surface area contributed by atoms with Crippen LogP contribution in [0.15, 0.2) is 54.2 Å². The molecule has 0 aliphatic heterocycles. The van der Waals surface area contributed by atoms with Crippen LogP contribution >= 0.6 is 11.3 Å². The number of thiophene rings is 1. The number of benzene rings is 2. The van der Waals surface area contributed by atoms with Crippen molar-refractivity contribution >= 4 is 27.4 Å². The van der Waals surface area contributed by atoms with Crippen LogP contribution in [-0.2, 0) is 25.7 Å². The van der Waals surface area contributed by atoms with E-state index in [1.807, 2.05) is 0 Å². The molecular weight excluding hydrogens is 374 g/mol. The topological polar surface area (TPSA) is 37.8 Å². The molecule has 2 aromatic carbocycles. The first-order valence-electron chi connectivity index (χ1n) is 10.3. The van der Waals surface area contributed by atoms with Gasteiger partial charge in [-0.2, -0.15) is 0 Å². The summed E-state index contributed by atoms with van der Waals surface area (Å²) >= 11 is 1.69. The summed E-state index contributed by atoms with van der Waals surface area (Å²) in [6, 6.07) is 16.3. The van der Waals surface area contributed by atoms with Crippen LogP contribution in [0, 0.1) is 13.8 Å². The molecule has 2 heterocycles. The first-order chi connectivity index (χ1) is 14.2. The molecule has 4 aromatic rings. The lowest BCUT2D eigenvalue weighted by atomic mass is 10.00. The molecule has 146 valence electrons. The fraction of sp³-hybridized carbons (Fsp3) is 0.280. The Morgan fingerprint density at radius 3 is 2.55 bits per heavy atom. The monoisotopic (exact) mass is 399 g/mol. The lowest BCUT2D eigenvalue weighted by Gasteiger charge is -2.13. The van der Waals surface area contributed by atoms with Crippen molar-refractivity contribution in [1.82, 2.24) is 9.97 Å². The fourth-order valence-corrected chi connectivity index (χ4v) is 5.18. The van der Waals surface area contributed by atoms with Crippen LogP contribution in [0.4, 0.5) is 5.82 Å². The second-order valence-electron chi connectivity index (χ2n) is 8.16. The van der Waals surface area contributed by atoms with Gasteiger partial charge in [-0.15, -0.1) is 11.3 Å². The number of aromatic nitrogens is 2. The smallest absolute Gasteiger partial charge is 0.138 e. The summed E-state index contributed by atoms with van der Waals surface area (Å²) in [5.74, 6) is 0.978. The SMILES string of the molecule is Cc1ccc(CCc2ccc3c(c2)CC(Nc2ncnc4scc(C)c24)C3)cc1. The lowest BCUT2D eigenvalue weighted by Crippen LogP contribution is -2.20. The van der Waals surface area contributed by atoms with Crippen LogP contribution in [0.2, 0.25) is 0 Å². The third-order valence-electron chi connectivity index (χ3n) is 5.92. The third kappa shape index (κ3) is 3.77. The molecule has 29 heavy (non-hydrogen) atoms. The number of rotatable bonds is 5. The van der Waals surface area contributed by atoms with Crippen LogP contribution < -0.4 is 5.32 Å². The Morgan fingerprint density at radius 2 is 1.69 bits per heavy atom. The summed E-state index contributed by atoms with van der Waals surface area (Å²) < 4.78 is 0. The van der Waals surface area contributed by atoms with E-state index >= 15 is 0 Å². The molecule has 0 radical (unpaired) electrons. The highest BCUT2D eigenvalue weighted by Crippen LogP contribution is 2.31. The number of hydrogen-bond donors (Lipinski definition) is 1. The van der Waals surface area contributed by atoms with Crippen molar-refractivity contribution in [3.63, 3.8) is 0 Å². The molecule has 1 aliphatic carbocycles. The van der Waals surface area contributed by atoms with Crippen LogP contribution in [-0.4, -0.2) is 16.0 Å². The van der Waals surface area contributed by atoms with Crippen molar-refractivity contribution in [3.8, 4) is 0 Å². The Labute approximate surface area is 175 Å². The van der Waals surface area contributed by atoms with Crippen molar-refractivity contribution in [1.29, 1.82) is 0 Å². The van der Waals surface area contributed by atoms with E-state index in [1.165, 1.54) is 38.8 Å². The van der Waals surface area contributed by atoms with E-state index in [9.17, 15) is 0 Å². The van der Waals surface area contributed by atoms with E-state index in [0.717, 1.165) is 36.3 Å². The Kier molecular flexibility index (Phi) is 4.80. The first kappa shape index (κ1) is 18.3. The molecule has 0 bridgehead atoms. The van der Waals surface area contributed by atoms with Gasteiger partial charge in [-0.05, 0) is 72.7 Å². The molecule has 0 saturated carbocycles. The molecule has 0 saturated heterocycles. The predicted octanol–water partition coefficient (Wildman–Crippen LogP) is 5.67. The second kappa shape index (κ2) is 7.60. The van der Waals surface area contributed by atoms with Gasteiger partial charge in [-0.25, -0.2) is 9.97 Å². The molecule has 1 aliphatic rings. The van der Waals surface area contributed by atoms with Gasteiger partial charge in [0.1, 0.15) is 17.0 Å². The van der Waals surface area contributed by atoms with Crippen molar-refractivity contribution in [3.05, 3.63) is 87.6 Å². The van der Waals surface area contributed by atoms with Gasteiger partial charge >= 0.3 is 0 Å². The Balaban J connectivity index is 1.28. The van der Waals surface area contributed by atoms with Crippen LogP contribution in [0.3, 0.4) is 0 Å². The maximum absolute atomic E-state index is 4.54. The van der Waals surface area contributed by atoms with Gasteiger partial charge in [0.25, 0.3) is 0 Å². The Bertz CT molecular complexity index is 1160. The highest BCUT2D eigenvalue weighted by molar-refractivity contribution is 7.17. The quantitative estimate of drug-likeness (QED) is 0.470. The van der Waals surface area contributed by atoms with Crippen molar-refractivity contribution in [2.75, 3.05) is 5.32 Å². The minimum atomic E-state index is 0.398. The summed E-state index contributed by atoms with van der Waals surface area (Å²) in [6.07, 6.45) is 5.97. The van der Waals surface area contributed by atoms with E-state index in [4.69, 9.17) is 0 Å². The third-order valence-corrected chi connectivity index (χ3v) is 6.93. The highest BCUT2D eigenvalue weighted by Gasteiger charge is 2.23. The molecule has 1 N–H and O–H groups in total. The summed E-state index contributed by atoms with van der Waals surface area (Å²) in [6.45, 7) is 4.28. The number of hydrogen-bond acceptors (Lipinski definition) is 4. The number of aryl methyl sites for hydroxylation is 4. The number of anilines is 1. The molecule has 2 aromatic heterocycles. The minimum Gasteiger partial charge on any atom is -0.366 e. The molecule has 1 atom stereocenters. The zero-order valence-electron chi connectivity index (χ0n) is 16.9. The van der Waals surface area contributed by atoms with Crippen LogP contribution in [0.1, 0.15) is 33.4 Å². The average molecular weight is 400 g/mol. The van der Waals surface area contributed by atoms with Gasteiger partial charge in [0.05, 0.1) is 5.39 Å². The highest BCUT2D eigenvalue weighted by atomic mass is 32.1. The standard InChI is InChI=1S/C25H25N3S/c1-16-3-5-18(6-4-16)7-8-19-9-10-20-12-22(13-21(20)11-19)28-24-23-17(2)14-29-25(23)27-15-26-24/h3-6,9-11,14-15,22H,7-8,12-13H2,1-2H3,(H,26,27,28). The van der Waals surface area contributed by atoms with E-state index in [2.05, 4.69) is 77.0 Å². The molecular formula is C25H25N3S. The molecule has 4 heteroatoms. The summed E-state index contributed by atoms with van der Waals surface area (Å²) in [7, 11) is 0. The molecule has 1 unspecified atom stereocenters. The van der Waals surface area contributed by atoms with Gasteiger partial charge in [-0.1, -0.05) is 48.0 Å². The molecule has 0 fully saturated rings. The Morgan fingerprint density at radius 1 is 0.931 bits per heavy atom. The van der Waals surface area contributed by atoms with E-state index in [-0.39, 0.29) is 0 Å². The molecule has 0 amide bonds. The van der Waals surface area contributed by atoms with E-state index in [1.54, 1.807) is 17.7 Å². The average Bonchev–Trinajstić information content (AvgIpc) is 3.31. The lowest BCUT2D eigenvalue weighted by molar-refractivity contribution is 0.769. The maximum Gasteiger partial charge on any atom is 0.138 e. The molecule has 5 rings (SSSR count). The first-order valence-corrected chi connectivity index (χ1v) is 11.2. The fourth-order valence-electron chi connectivity index (χ4n) is 4.29. The van der Waals surface area contributed by atoms with Gasteiger partial charge in [0.15, 0.2) is 0 Å². The normalized spacial score (nSPS) is 15.6. The zero-order valence-corrected chi connectivity index (χ0v) is 17.7. The van der Waals surface area contributed by atoms with E-state index < -0.39 is 0 Å². The molecule has 3 nitrogen and oxygen atoms in total. The molecule has 0 spiro atoms.